The number of benzene rings is 1. The second-order valence-electron chi connectivity index (χ2n) is 3.66. The standard InChI is InChI=1S/C14H13FN2/c1-3-11-12(4-2)17-14(13(11)16)9-5-7-10(15)8-6-9/h3-8,17H,1-2,16H2. The molecule has 1 aromatic heterocycles. The van der Waals surface area contributed by atoms with Gasteiger partial charge in [-0.25, -0.2) is 4.39 Å². The van der Waals surface area contributed by atoms with E-state index in [0.717, 1.165) is 22.5 Å². The molecule has 1 heterocycles. The number of hydrogen-bond donors (Lipinski definition) is 2. The number of halogens is 1. The summed E-state index contributed by atoms with van der Waals surface area (Å²) in [5, 5.41) is 0. The van der Waals surface area contributed by atoms with Gasteiger partial charge in [-0.15, -0.1) is 0 Å². The minimum atomic E-state index is -0.272. The molecule has 0 spiro atoms. The highest BCUT2D eigenvalue weighted by molar-refractivity contribution is 5.85. The number of nitrogens with two attached hydrogens (primary N) is 1. The maximum absolute atomic E-state index is 12.8. The van der Waals surface area contributed by atoms with Crippen LogP contribution in [-0.2, 0) is 0 Å². The fraction of sp³-hybridized carbons (Fsp3) is 0. The normalized spacial score (nSPS) is 10.2. The van der Waals surface area contributed by atoms with Crippen molar-refractivity contribution in [2.24, 2.45) is 0 Å². The van der Waals surface area contributed by atoms with Crippen LogP contribution in [0, 0.1) is 5.82 Å². The Morgan fingerprint density at radius 2 is 1.76 bits per heavy atom. The maximum Gasteiger partial charge on any atom is 0.123 e. The van der Waals surface area contributed by atoms with Crippen molar-refractivity contribution in [3.63, 3.8) is 0 Å². The lowest BCUT2D eigenvalue weighted by Crippen LogP contribution is -1.88. The lowest BCUT2D eigenvalue weighted by atomic mass is 10.1. The van der Waals surface area contributed by atoms with E-state index in [1.807, 2.05) is 0 Å². The molecule has 0 unspecified atom stereocenters. The molecule has 0 fully saturated rings. The van der Waals surface area contributed by atoms with E-state index in [1.54, 1.807) is 24.3 Å². The summed E-state index contributed by atoms with van der Waals surface area (Å²) >= 11 is 0. The Bertz CT molecular complexity index is 565. The SMILES string of the molecule is C=Cc1[nH]c(-c2ccc(F)cc2)c(N)c1C=C. The van der Waals surface area contributed by atoms with E-state index >= 15 is 0 Å². The Balaban J connectivity index is 2.60. The van der Waals surface area contributed by atoms with Crippen molar-refractivity contribution in [1.29, 1.82) is 0 Å². The molecule has 0 aliphatic heterocycles. The van der Waals surface area contributed by atoms with Crippen molar-refractivity contribution < 1.29 is 4.39 Å². The van der Waals surface area contributed by atoms with Gasteiger partial charge in [-0.05, 0) is 30.3 Å². The zero-order chi connectivity index (χ0) is 12.4. The first-order valence-corrected chi connectivity index (χ1v) is 5.19. The van der Waals surface area contributed by atoms with Crippen molar-refractivity contribution in [2.75, 3.05) is 5.73 Å². The van der Waals surface area contributed by atoms with Crippen molar-refractivity contribution >= 4 is 17.8 Å². The first kappa shape index (κ1) is 11.2. The number of aromatic amines is 1. The number of anilines is 1. The monoisotopic (exact) mass is 228 g/mol. The van der Waals surface area contributed by atoms with Crippen LogP contribution in [-0.4, -0.2) is 4.98 Å². The molecule has 2 aromatic rings. The van der Waals surface area contributed by atoms with Crippen LogP contribution in [0.3, 0.4) is 0 Å². The smallest absolute Gasteiger partial charge is 0.123 e. The van der Waals surface area contributed by atoms with E-state index in [2.05, 4.69) is 18.1 Å². The van der Waals surface area contributed by atoms with Crippen LogP contribution >= 0.6 is 0 Å². The molecule has 17 heavy (non-hydrogen) atoms. The van der Waals surface area contributed by atoms with Gasteiger partial charge in [0.05, 0.1) is 11.4 Å². The third-order valence-electron chi connectivity index (χ3n) is 2.65. The summed E-state index contributed by atoms with van der Waals surface area (Å²) in [6, 6.07) is 6.15. The van der Waals surface area contributed by atoms with Crippen molar-refractivity contribution in [3.05, 3.63) is 54.5 Å². The van der Waals surface area contributed by atoms with Crippen LogP contribution < -0.4 is 5.73 Å². The Labute approximate surface area is 99.3 Å². The average Bonchev–Trinajstić information content (AvgIpc) is 2.66. The molecule has 86 valence electrons. The third kappa shape index (κ3) is 1.87. The molecule has 0 atom stereocenters. The molecule has 2 nitrogen and oxygen atoms in total. The molecule has 3 N–H and O–H groups in total. The summed E-state index contributed by atoms with van der Waals surface area (Å²) in [7, 11) is 0. The van der Waals surface area contributed by atoms with Crippen LogP contribution in [0.5, 0.6) is 0 Å². The van der Waals surface area contributed by atoms with Crippen LogP contribution in [0.2, 0.25) is 0 Å². The molecule has 0 bridgehead atoms. The van der Waals surface area contributed by atoms with Gasteiger partial charge in [0, 0.05) is 16.8 Å². The predicted molar refractivity (Wildman–Crippen MR) is 70.8 cm³/mol. The van der Waals surface area contributed by atoms with Crippen molar-refractivity contribution in [1.82, 2.24) is 4.98 Å². The number of rotatable bonds is 3. The van der Waals surface area contributed by atoms with E-state index in [0.29, 0.717) is 5.69 Å². The molecule has 0 radical (unpaired) electrons. The van der Waals surface area contributed by atoms with Gasteiger partial charge in [-0.2, -0.15) is 0 Å². The highest BCUT2D eigenvalue weighted by Gasteiger charge is 2.12. The van der Waals surface area contributed by atoms with Gasteiger partial charge in [0.25, 0.3) is 0 Å². The fourth-order valence-electron chi connectivity index (χ4n) is 1.77. The second kappa shape index (κ2) is 4.29. The molecule has 3 heteroatoms. The number of nitrogen functional groups attached to an aromatic ring is 1. The quantitative estimate of drug-likeness (QED) is 0.826. The Hall–Kier alpha value is -2.29. The van der Waals surface area contributed by atoms with Gasteiger partial charge < -0.3 is 10.7 Å². The van der Waals surface area contributed by atoms with E-state index in [4.69, 9.17) is 5.73 Å². The lowest BCUT2D eigenvalue weighted by Gasteiger charge is -2.00. The third-order valence-corrected chi connectivity index (χ3v) is 2.65. The second-order valence-corrected chi connectivity index (χ2v) is 3.66. The summed E-state index contributed by atoms with van der Waals surface area (Å²) in [6.07, 6.45) is 3.36. The Kier molecular flexibility index (Phi) is 2.83. The van der Waals surface area contributed by atoms with E-state index in [-0.39, 0.29) is 5.82 Å². The van der Waals surface area contributed by atoms with Crippen LogP contribution in [0.25, 0.3) is 23.4 Å². The molecular weight excluding hydrogens is 215 g/mol. The average molecular weight is 228 g/mol. The minimum Gasteiger partial charge on any atom is -0.396 e. The first-order valence-electron chi connectivity index (χ1n) is 5.19. The van der Waals surface area contributed by atoms with Crippen molar-refractivity contribution in [2.45, 2.75) is 0 Å². The highest BCUT2D eigenvalue weighted by atomic mass is 19.1. The van der Waals surface area contributed by atoms with Crippen molar-refractivity contribution in [3.8, 4) is 11.3 Å². The number of hydrogen-bond acceptors (Lipinski definition) is 1. The van der Waals surface area contributed by atoms with E-state index < -0.39 is 0 Å². The van der Waals surface area contributed by atoms with Gasteiger partial charge in [-0.1, -0.05) is 19.2 Å². The lowest BCUT2D eigenvalue weighted by molar-refractivity contribution is 0.628. The minimum absolute atomic E-state index is 0.272. The molecule has 2 rings (SSSR count). The van der Waals surface area contributed by atoms with Gasteiger partial charge >= 0.3 is 0 Å². The zero-order valence-electron chi connectivity index (χ0n) is 9.33. The fourth-order valence-corrected chi connectivity index (χ4v) is 1.77. The highest BCUT2D eigenvalue weighted by Crippen LogP contribution is 2.31. The summed E-state index contributed by atoms with van der Waals surface area (Å²) in [4.78, 5) is 3.15. The van der Waals surface area contributed by atoms with Gasteiger partial charge in [0.1, 0.15) is 5.82 Å². The summed E-state index contributed by atoms with van der Waals surface area (Å²) in [5.41, 5.74) is 9.84. The summed E-state index contributed by atoms with van der Waals surface area (Å²) in [6.45, 7) is 7.42. The molecule has 1 aromatic carbocycles. The maximum atomic E-state index is 12.8. The number of nitrogens with one attached hydrogen (secondary N) is 1. The predicted octanol–water partition coefficient (Wildman–Crippen LogP) is 3.69. The molecule has 0 saturated heterocycles. The van der Waals surface area contributed by atoms with Crippen LogP contribution in [0.15, 0.2) is 37.4 Å². The Morgan fingerprint density at radius 1 is 1.12 bits per heavy atom. The van der Waals surface area contributed by atoms with E-state index in [9.17, 15) is 4.39 Å². The molecule has 0 aliphatic rings. The zero-order valence-corrected chi connectivity index (χ0v) is 9.33. The van der Waals surface area contributed by atoms with E-state index in [1.165, 1.54) is 12.1 Å². The Morgan fingerprint density at radius 3 is 2.24 bits per heavy atom. The number of H-pyrrole nitrogens is 1. The summed E-state index contributed by atoms with van der Waals surface area (Å²) < 4.78 is 12.8. The molecule has 0 saturated carbocycles. The molecule has 0 amide bonds. The largest absolute Gasteiger partial charge is 0.396 e. The van der Waals surface area contributed by atoms with Crippen LogP contribution in [0.1, 0.15) is 11.3 Å². The molecule has 0 aliphatic carbocycles. The molecular formula is C14H13FN2. The van der Waals surface area contributed by atoms with Gasteiger partial charge in [-0.3, -0.25) is 0 Å². The topological polar surface area (TPSA) is 41.8 Å². The summed E-state index contributed by atoms with van der Waals surface area (Å²) in [5.74, 6) is -0.272. The van der Waals surface area contributed by atoms with Crippen LogP contribution in [0.4, 0.5) is 10.1 Å². The number of aromatic nitrogens is 1. The van der Waals surface area contributed by atoms with Gasteiger partial charge in [0.15, 0.2) is 0 Å². The first-order chi connectivity index (χ1) is 8.17. The van der Waals surface area contributed by atoms with Gasteiger partial charge in [0.2, 0.25) is 0 Å².